The number of carbonyl (C=O) groups is 2. The number of carboxylic acids is 1. The van der Waals surface area contributed by atoms with Gasteiger partial charge in [-0.25, -0.2) is 0 Å². The molecule has 1 aromatic rings. The topological polar surface area (TPSA) is 86.3 Å². The fraction of sp³-hybridized carbons (Fsp3) is 0.500. The van der Waals surface area contributed by atoms with Gasteiger partial charge in [-0.3, -0.25) is 14.7 Å². The third kappa shape index (κ3) is 2.05. The number of nitrogens with one attached hydrogen (secondary N) is 1. The van der Waals surface area contributed by atoms with Crippen molar-refractivity contribution in [1.29, 1.82) is 0 Å². The third-order valence-corrected chi connectivity index (χ3v) is 2.63. The van der Waals surface area contributed by atoms with Crippen molar-refractivity contribution in [2.45, 2.75) is 13.3 Å². The highest BCUT2D eigenvalue weighted by molar-refractivity contribution is 5.93. The molecule has 1 aromatic heterocycles. The van der Waals surface area contributed by atoms with E-state index >= 15 is 0 Å². The number of nitrogens with zero attached hydrogens (tertiary/aromatic N) is 2. The lowest BCUT2D eigenvalue weighted by Crippen LogP contribution is -2.50. The quantitative estimate of drug-likeness (QED) is 0.769. The number of aromatic nitrogens is 2. The summed E-state index contributed by atoms with van der Waals surface area (Å²) in [6.07, 6.45) is 0.128. The Balaban J connectivity index is 1.88. The van der Waals surface area contributed by atoms with E-state index < -0.39 is 5.97 Å². The minimum atomic E-state index is -0.812. The lowest BCUT2D eigenvalue weighted by molar-refractivity contribution is -0.139. The maximum absolute atomic E-state index is 11.8. The van der Waals surface area contributed by atoms with Gasteiger partial charge in [0.25, 0.3) is 5.91 Å². The van der Waals surface area contributed by atoms with Gasteiger partial charge in [0, 0.05) is 24.7 Å². The van der Waals surface area contributed by atoms with Crippen LogP contribution in [0.2, 0.25) is 0 Å². The number of likely N-dealkylation sites (tertiary alicyclic amines) is 1. The van der Waals surface area contributed by atoms with Gasteiger partial charge in [0.2, 0.25) is 0 Å². The molecule has 1 amide bonds. The molecule has 0 aromatic carbocycles. The number of H-pyrrole nitrogens is 1. The normalized spacial score (nSPS) is 15.9. The van der Waals surface area contributed by atoms with Crippen LogP contribution in [-0.4, -0.2) is 45.2 Å². The summed E-state index contributed by atoms with van der Waals surface area (Å²) >= 11 is 0. The maximum atomic E-state index is 11.8. The molecule has 6 heteroatoms. The van der Waals surface area contributed by atoms with Gasteiger partial charge >= 0.3 is 5.97 Å². The summed E-state index contributed by atoms with van der Waals surface area (Å²) in [5.41, 5.74) is 1.23. The Morgan fingerprint density at radius 3 is 2.81 bits per heavy atom. The van der Waals surface area contributed by atoms with Gasteiger partial charge in [0.15, 0.2) is 0 Å². The van der Waals surface area contributed by atoms with Crippen LogP contribution in [0.4, 0.5) is 0 Å². The number of aliphatic carboxylic acids is 1. The zero-order valence-electron chi connectivity index (χ0n) is 8.93. The average Bonchev–Trinajstić information content (AvgIpc) is 2.56. The first-order chi connectivity index (χ1) is 7.56. The van der Waals surface area contributed by atoms with E-state index in [4.69, 9.17) is 5.11 Å². The van der Waals surface area contributed by atoms with E-state index in [0.717, 1.165) is 5.69 Å². The molecule has 1 saturated heterocycles. The molecule has 1 fully saturated rings. The first kappa shape index (κ1) is 10.7. The largest absolute Gasteiger partial charge is 0.481 e. The van der Waals surface area contributed by atoms with Crippen LogP contribution in [0, 0.1) is 12.8 Å². The van der Waals surface area contributed by atoms with Crippen molar-refractivity contribution in [2.75, 3.05) is 13.1 Å². The number of amides is 1. The first-order valence-corrected chi connectivity index (χ1v) is 5.09. The number of rotatable bonds is 3. The Hall–Kier alpha value is -1.85. The summed E-state index contributed by atoms with van der Waals surface area (Å²) in [6.45, 7) is 2.85. The zero-order chi connectivity index (χ0) is 11.7. The number of carbonyl (C=O) groups excluding carboxylic acids is 1. The Bertz CT molecular complexity index is 421. The lowest BCUT2D eigenvalue weighted by atomic mass is 9.96. The average molecular weight is 223 g/mol. The molecule has 0 unspecified atom stereocenters. The monoisotopic (exact) mass is 223 g/mol. The molecule has 0 atom stereocenters. The second kappa shape index (κ2) is 3.96. The maximum Gasteiger partial charge on any atom is 0.303 e. The summed E-state index contributed by atoms with van der Waals surface area (Å²) < 4.78 is 0. The van der Waals surface area contributed by atoms with Crippen LogP contribution >= 0.6 is 0 Å². The van der Waals surface area contributed by atoms with Gasteiger partial charge in [0.1, 0.15) is 5.69 Å². The molecule has 16 heavy (non-hydrogen) atoms. The van der Waals surface area contributed by atoms with E-state index in [1.807, 2.05) is 6.92 Å². The number of aromatic amines is 1. The van der Waals surface area contributed by atoms with E-state index in [1.54, 1.807) is 11.0 Å². The highest BCUT2D eigenvalue weighted by Gasteiger charge is 2.33. The summed E-state index contributed by atoms with van der Waals surface area (Å²) in [7, 11) is 0. The van der Waals surface area contributed by atoms with Crippen LogP contribution < -0.4 is 0 Å². The molecule has 2 heterocycles. The molecular weight excluding hydrogens is 210 g/mol. The van der Waals surface area contributed by atoms with Crippen LogP contribution in [0.3, 0.4) is 0 Å². The Morgan fingerprint density at radius 2 is 2.31 bits per heavy atom. The molecule has 2 N–H and O–H groups in total. The Kier molecular flexibility index (Phi) is 2.64. The second-order valence-corrected chi connectivity index (χ2v) is 4.11. The number of aryl methyl sites for hydroxylation is 1. The van der Waals surface area contributed by atoms with Crippen molar-refractivity contribution in [3.63, 3.8) is 0 Å². The molecule has 0 radical (unpaired) electrons. The molecule has 86 valence electrons. The summed E-state index contributed by atoms with van der Waals surface area (Å²) in [5.74, 6) is -0.861. The first-order valence-electron chi connectivity index (χ1n) is 5.09. The molecule has 1 aliphatic heterocycles. The molecule has 6 nitrogen and oxygen atoms in total. The highest BCUT2D eigenvalue weighted by atomic mass is 16.4. The van der Waals surface area contributed by atoms with Gasteiger partial charge in [0.05, 0.1) is 6.42 Å². The van der Waals surface area contributed by atoms with Crippen molar-refractivity contribution in [3.8, 4) is 0 Å². The van der Waals surface area contributed by atoms with Crippen molar-refractivity contribution in [1.82, 2.24) is 15.1 Å². The lowest BCUT2D eigenvalue weighted by Gasteiger charge is -2.38. The molecule has 2 rings (SSSR count). The van der Waals surface area contributed by atoms with E-state index in [1.165, 1.54) is 0 Å². The standard InChI is InChI=1S/C10H13N3O3/c1-6-2-8(12-11-6)10(16)13-4-7(5-13)3-9(14)15/h2,7H,3-5H2,1H3,(H,11,12)(H,14,15). The van der Waals surface area contributed by atoms with Crippen molar-refractivity contribution < 1.29 is 14.7 Å². The van der Waals surface area contributed by atoms with E-state index in [0.29, 0.717) is 18.8 Å². The minimum absolute atomic E-state index is 0.0847. The van der Waals surface area contributed by atoms with Crippen molar-refractivity contribution in [3.05, 3.63) is 17.5 Å². The predicted molar refractivity (Wildman–Crippen MR) is 55.0 cm³/mol. The molecular formula is C10H13N3O3. The molecule has 0 aliphatic carbocycles. The van der Waals surface area contributed by atoms with Crippen LogP contribution in [0.5, 0.6) is 0 Å². The predicted octanol–water partition coefficient (Wildman–Crippen LogP) is 0.265. The van der Waals surface area contributed by atoms with Crippen LogP contribution in [0.25, 0.3) is 0 Å². The highest BCUT2D eigenvalue weighted by Crippen LogP contribution is 2.20. The van der Waals surface area contributed by atoms with E-state index in [-0.39, 0.29) is 18.2 Å². The van der Waals surface area contributed by atoms with Crippen LogP contribution in [-0.2, 0) is 4.79 Å². The van der Waals surface area contributed by atoms with Gasteiger partial charge in [-0.15, -0.1) is 0 Å². The second-order valence-electron chi connectivity index (χ2n) is 4.11. The molecule has 1 aliphatic rings. The Labute approximate surface area is 92.3 Å². The SMILES string of the molecule is Cc1cc(C(=O)N2CC(CC(=O)O)C2)n[nH]1. The third-order valence-electron chi connectivity index (χ3n) is 2.63. The fourth-order valence-electron chi connectivity index (χ4n) is 1.80. The Morgan fingerprint density at radius 1 is 1.62 bits per heavy atom. The van der Waals surface area contributed by atoms with Crippen molar-refractivity contribution in [2.24, 2.45) is 5.92 Å². The summed E-state index contributed by atoms with van der Waals surface area (Å²) in [6, 6.07) is 1.69. The molecule has 0 spiro atoms. The van der Waals surface area contributed by atoms with Gasteiger partial charge in [-0.2, -0.15) is 5.10 Å². The number of carboxylic acid groups (broad SMARTS) is 1. The summed E-state index contributed by atoms with van der Waals surface area (Å²) in [4.78, 5) is 23.8. The van der Waals surface area contributed by atoms with E-state index in [9.17, 15) is 9.59 Å². The van der Waals surface area contributed by atoms with Crippen LogP contribution in [0.1, 0.15) is 22.6 Å². The molecule has 0 bridgehead atoms. The van der Waals surface area contributed by atoms with Gasteiger partial charge in [-0.05, 0) is 13.0 Å². The molecule has 0 saturated carbocycles. The van der Waals surface area contributed by atoms with Gasteiger partial charge in [-0.1, -0.05) is 0 Å². The minimum Gasteiger partial charge on any atom is -0.481 e. The summed E-state index contributed by atoms with van der Waals surface area (Å²) in [5, 5.41) is 15.1. The zero-order valence-corrected chi connectivity index (χ0v) is 8.93. The van der Waals surface area contributed by atoms with Gasteiger partial charge < -0.3 is 10.0 Å². The number of hydrogen-bond acceptors (Lipinski definition) is 3. The fourth-order valence-corrected chi connectivity index (χ4v) is 1.80. The smallest absolute Gasteiger partial charge is 0.303 e. The number of hydrogen-bond donors (Lipinski definition) is 2. The van der Waals surface area contributed by atoms with E-state index in [2.05, 4.69) is 10.2 Å². The van der Waals surface area contributed by atoms with Crippen LogP contribution in [0.15, 0.2) is 6.07 Å². The van der Waals surface area contributed by atoms with Crippen molar-refractivity contribution >= 4 is 11.9 Å².